The van der Waals surface area contributed by atoms with Crippen molar-refractivity contribution < 1.29 is 18.0 Å². The van der Waals surface area contributed by atoms with Gasteiger partial charge in [0.1, 0.15) is 12.6 Å². The predicted molar refractivity (Wildman–Crippen MR) is 154 cm³/mol. The third-order valence-electron chi connectivity index (χ3n) is 6.85. The molecule has 7 nitrogen and oxygen atoms in total. The summed E-state index contributed by atoms with van der Waals surface area (Å²) in [6.07, 6.45) is 3.92. The van der Waals surface area contributed by atoms with Crippen LogP contribution in [0.25, 0.3) is 0 Å². The van der Waals surface area contributed by atoms with Crippen molar-refractivity contribution in [2.24, 2.45) is 0 Å². The van der Waals surface area contributed by atoms with Gasteiger partial charge in [0.25, 0.3) is 10.0 Å². The summed E-state index contributed by atoms with van der Waals surface area (Å²) in [4.78, 5) is 28.6. The summed E-state index contributed by atoms with van der Waals surface area (Å²) in [5.41, 5.74) is 0.883. The Morgan fingerprint density at radius 1 is 0.949 bits per heavy atom. The number of halogens is 2. The number of sulfonamides is 1. The van der Waals surface area contributed by atoms with Gasteiger partial charge in [-0.3, -0.25) is 13.9 Å². The monoisotopic (exact) mass is 587 g/mol. The minimum Gasteiger partial charge on any atom is -0.352 e. The molecule has 1 atom stereocenters. The van der Waals surface area contributed by atoms with Gasteiger partial charge in [-0.25, -0.2) is 8.42 Å². The number of hydrogen-bond donors (Lipinski definition) is 1. The summed E-state index contributed by atoms with van der Waals surface area (Å²) in [5, 5.41) is 3.44. The number of hydrogen-bond acceptors (Lipinski definition) is 4. The second-order valence-electron chi connectivity index (χ2n) is 9.59. The molecule has 4 rings (SSSR count). The van der Waals surface area contributed by atoms with Crippen LogP contribution in [0.5, 0.6) is 0 Å². The first kappa shape index (κ1) is 28.9. The van der Waals surface area contributed by atoms with Gasteiger partial charge < -0.3 is 10.2 Å². The molecule has 206 valence electrons. The van der Waals surface area contributed by atoms with Gasteiger partial charge in [-0.05, 0) is 55.7 Å². The molecule has 0 bridgehead atoms. The second kappa shape index (κ2) is 12.9. The molecule has 0 aliphatic heterocycles. The number of nitrogens with one attached hydrogen (secondary N) is 1. The van der Waals surface area contributed by atoms with E-state index in [4.69, 9.17) is 23.2 Å². The highest BCUT2D eigenvalue weighted by molar-refractivity contribution is 7.92. The van der Waals surface area contributed by atoms with E-state index in [9.17, 15) is 18.0 Å². The van der Waals surface area contributed by atoms with E-state index >= 15 is 0 Å². The lowest BCUT2D eigenvalue weighted by molar-refractivity contribution is -0.139. The van der Waals surface area contributed by atoms with Crippen LogP contribution in [-0.2, 0) is 26.2 Å². The molecule has 10 heteroatoms. The van der Waals surface area contributed by atoms with Gasteiger partial charge in [0, 0.05) is 17.6 Å². The molecule has 1 saturated carbocycles. The van der Waals surface area contributed by atoms with E-state index in [2.05, 4.69) is 5.32 Å². The first-order valence-corrected chi connectivity index (χ1v) is 15.0. The Hall–Kier alpha value is -3.07. The summed E-state index contributed by atoms with van der Waals surface area (Å²) < 4.78 is 28.6. The Morgan fingerprint density at radius 2 is 1.56 bits per heavy atom. The molecule has 0 heterocycles. The smallest absolute Gasteiger partial charge is 0.264 e. The van der Waals surface area contributed by atoms with Crippen LogP contribution in [0.1, 0.15) is 38.2 Å². The molecule has 0 spiro atoms. The lowest BCUT2D eigenvalue weighted by Crippen LogP contribution is -2.52. The number of benzene rings is 3. The minimum absolute atomic E-state index is 0.00419. The van der Waals surface area contributed by atoms with Gasteiger partial charge in [-0.15, -0.1) is 0 Å². The highest BCUT2D eigenvalue weighted by Gasteiger charge is 2.34. The molecule has 1 aliphatic carbocycles. The van der Waals surface area contributed by atoms with Crippen molar-refractivity contribution >= 4 is 50.7 Å². The maximum absolute atomic E-state index is 14.0. The van der Waals surface area contributed by atoms with Crippen molar-refractivity contribution in [3.05, 3.63) is 94.5 Å². The molecular weight excluding hydrogens is 557 g/mol. The summed E-state index contributed by atoms with van der Waals surface area (Å²) in [6.45, 7) is 1.21. The summed E-state index contributed by atoms with van der Waals surface area (Å²) in [5.74, 6) is -0.826. The van der Waals surface area contributed by atoms with Gasteiger partial charge in [-0.2, -0.15) is 0 Å². The number of nitrogens with zero attached hydrogens (tertiary/aromatic N) is 2. The van der Waals surface area contributed by atoms with E-state index in [1.807, 2.05) is 30.3 Å². The Bertz CT molecular complexity index is 1400. The van der Waals surface area contributed by atoms with E-state index in [0.29, 0.717) is 0 Å². The number of amides is 2. The topological polar surface area (TPSA) is 86.8 Å². The fourth-order valence-electron chi connectivity index (χ4n) is 4.66. The lowest BCUT2D eigenvalue weighted by atomic mass is 10.1. The quantitative estimate of drug-likeness (QED) is 0.331. The number of carbonyl (C=O) groups excluding carboxylic acids is 2. The molecule has 1 aliphatic rings. The first-order valence-electron chi connectivity index (χ1n) is 12.8. The largest absolute Gasteiger partial charge is 0.352 e. The summed E-state index contributed by atoms with van der Waals surface area (Å²) in [6, 6.07) is 20.7. The molecule has 2 amide bonds. The van der Waals surface area contributed by atoms with Gasteiger partial charge in [0.15, 0.2) is 0 Å². The summed E-state index contributed by atoms with van der Waals surface area (Å²) in [7, 11) is -4.22. The van der Waals surface area contributed by atoms with Crippen LogP contribution in [0.2, 0.25) is 10.0 Å². The van der Waals surface area contributed by atoms with Crippen molar-refractivity contribution in [2.75, 3.05) is 10.8 Å². The van der Waals surface area contributed by atoms with Crippen molar-refractivity contribution in [3.63, 3.8) is 0 Å². The molecule has 0 saturated heterocycles. The molecule has 1 unspecified atom stereocenters. The predicted octanol–water partition coefficient (Wildman–Crippen LogP) is 5.66. The van der Waals surface area contributed by atoms with Crippen molar-refractivity contribution in [1.29, 1.82) is 0 Å². The molecule has 1 N–H and O–H groups in total. The molecule has 39 heavy (non-hydrogen) atoms. The van der Waals surface area contributed by atoms with E-state index in [1.54, 1.807) is 31.2 Å². The van der Waals surface area contributed by atoms with E-state index < -0.39 is 28.5 Å². The van der Waals surface area contributed by atoms with Gasteiger partial charge in [-0.1, -0.05) is 84.6 Å². The van der Waals surface area contributed by atoms with Gasteiger partial charge in [0.2, 0.25) is 11.8 Å². The normalized spacial score (nSPS) is 14.5. The van der Waals surface area contributed by atoms with Crippen LogP contribution >= 0.6 is 23.2 Å². The van der Waals surface area contributed by atoms with E-state index in [-0.39, 0.29) is 39.1 Å². The third kappa shape index (κ3) is 7.12. The fourth-order valence-corrected chi connectivity index (χ4v) is 6.55. The Morgan fingerprint density at radius 3 is 2.21 bits per heavy atom. The van der Waals surface area contributed by atoms with Crippen LogP contribution in [0.3, 0.4) is 0 Å². The Labute approximate surface area is 239 Å². The maximum Gasteiger partial charge on any atom is 0.264 e. The summed E-state index contributed by atoms with van der Waals surface area (Å²) >= 11 is 12.6. The van der Waals surface area contributed by atoms with Gasteiger partial charge >= 0.3 is 0 Å². The zero-order chi connectivity index (χ0) is 28.0. The maximum atomic E-state index is 14.0. The second-order valence-corrected chi connectivity index (χ2v) is 12.3. The van der Waals surface area contributed by atoms with E-state index in [0.717, 1.165) is 35.6 Å². The lowest BCUT2D eigenvalue weighted by Gasteiger charge is -2.32. The Balaban J connectivity index is 1.70. The molecule has 3 aromatic rings. The van der Waals surface area contributed by atoms with E-state index in [1.165, 1.54) is 29.2 Å². The van der Waals surface area contributed by atoms with Crippen LogP contribution in [-0.4, -0.2) is 43.8 Å². The minimum atomic E-state index is -4.22. The third-order valence-corrected chi connectivity index (χ3v) is 9.18. The SMILES string of the molecule is CC(C(=O)NC1CCCC1)N(Cc1ccccc1)C(=O)CN(c1cc(Cl)ccc1Cl)S(=O)(=O)c1ccccc1. The molecule has 0 aromatic heterocycles. The standard InChI is InChI=1S/C29H31Cl2N3O4S/c1-21(29(36)32-24-12-8-9-13-24)33(19-22-10-4-2-5-11-22)28(35)20-34(27-18-23(30)16-17-26(27)31)39(37,38)25-14-6-3-7-15-25/h2-7,10-11,14-18,21,24H,8-9,12-13,19-20H2,1H3,(H,32,36). The highest BCUT2D eigenvalue weighted by atomic mass is 35.5. The molecule has 0 radical (unpaired) electrons. The Kier molecular flexibility index (Phi) is 9.53. The van der Waals surface area contributed by atoms with Crippen LogP contribution in [0.4, 0.5) is 5.69 Å². The molecule has 1 fully saturated rings. The molecule has 3 aromatic carbocycles. The first-order chi connectivity index (χ1) is 18.7. The van der Waals surface area contributed by atoms with Crippen LogP contribution < -0.4 is 9.62 Å². The van der Waals surface area contributed by atoms with Crippen molar-refractivity contribution in [1.82, 2.24) is 10.2 Å². The average Bonchev–Trinajstić information content (AvgIpc) is 3.45. The number of carbonyl (C=O) groups is 2. The van der Waals surface area contributed by atoms with Gasteiger partial charge in [0.05, 0.1) is 15.6 Å². The zero-order valence-electron chi connectivity index (χ0n) is 21.6. The average molecular weight is 589 g/mol. The number of rotatable bonds is 10. The molecular formula is C29H31Cl2N3O4S. The zero-order valence-corrected chi connectivity index (χ0v) is 23.9. The van der Waals surface area contributed by atoms with Crippen LogP contribution in [0.15, 0.2) is 83.8 Å². The van der Waals surface area contributed by atoms with Crippen molar-refractivity contribution in [3.8, 4) is 0 Å². The van der Waals surface area contributed by atoms with Crippen LogP contribution in [0, 0.1) is 0 Å². The number of anilines is 1. The fraction of sp³-hybridized carbons (Fsp3) is 0.310. The van der Waals surface area contributed by atoms with Crippen molar-refractivity contribution in [2.45, 2.75) is 56.1 Å². The highest BCUT2D eigenvalue weighted by Crippen LogP contribution is 2.33.